The molecule has 0 aliphatic heterocycles. The Hall–Kier alpha value is -1.79. The van der Waals surface area contributed by atoms with Crippen molar-refractivity contribution in [3.63, 3.8) is 0 Å². The molecule has 122 valence electrons. The number of carboxylic acids is 1. The van der Waals surface area contributed by atoms with E-state index < -0.39 is 23.9 Å². The highest BCUT2D eigenvalue weighted by atomic mass is 16.4. The number of nitrogens with two attached hydrogens (primary N) is 1. The Labute approximate surface area is 125 Å². The van der Waals surface area contributed by atoms with Crippen LogP contribution in [0.5, 0.6) is 0 Å². The minimum Gasteiger partial charge on any atom is -0.481 e. The van der Waals surface area contributed by atoms with Crippen molar-refractivity contribution in [3.8, 4) is 0 Å². The van der Waals surface area contributed by atoms with Crippen molar-refractivity contribution in [2.24, 2.45) is 11.1 Å². The number of carboxylic acid groups (broad SMARTS) is 1. The standard InChI is InChI=1S/C14H27N3O4/c1-9(2)17(8-11(15)18)13(21)16-10(6-12(19)20)7-14(3,4)5/h9-10H,6-8H2,1-5H3,(H2,15,18)(H,16,21)(H,19,20). The lowest BCUT2D eigenvalue weighted by molar-refractivity contribution is -0.137. The van der Waals surface area contributed by atoms with Gasteiger partial charge in [0.1, 0.15) is 6.54 Å². The maximum atomic E-state index is 12.2. The first-order valence-electron chi connectivity index (χ1n) is 6.99. The minimum absolute atomic E-state index is 0.125. The van der Waals surface area contributed by atoms with E-state index in [-0.39, 0.29) is 24.4 Å². The highest BCUT2D eigenvalue weighted by Gasteiger charge is 2.26. The number of carbonyl (C=O) groups is 3. The second kappa shape index (κ2) is 7.85. The monoisotopic (exact) mass is 301 g/mol. The van der Waals surface area contributed by atoms with Crippen LogP contribution in [0.3, 0.4) is 0 Å². The highest BCUT2D eigenvalue weighted by molar-refractivity contribution is 5.83. The van der Waals surface area contributed by atoms with E-state index in [4.69, 9.17) is 10.8 Å². The van der Waals surface area contributed by atoms with Gasteiger partial charge >= 0.3 is 12.0 Å². The van der Waals surface area contributed by atoms with Gasteiger partial charge in [-0.15, -0.1) is 0 Å². The molecule has 7 nitrogen and oxygen atoms in total. The van der Waals surface area contributed by atoms with E-state index in [1.54, 1.807) is 13.8 Å². The van der Waals surface area contributed by atoms with E-state index in [1.165, 1.54) is 4.90 Å². The van der Waals surface area contributed by atoms with Gasteiger partial charge in [-0.05, 0) is 25.7 Å². The number of primary amides is 1. The summed E-state index contributed by atoms with van der Waals surface area (Å²) in [5.74, 6) is -1.58. The zero-order valence-electron chi connectivity index (χ0n) is 13.5. The van der Waals surface area contributed by atoms with Gasteiger partial charge in [-0.1, -0.05) is 20.8 Å². The van der Waals surface area contributed by atoms with E-state index >= 15 is 0 Å². The average Bonchev–Trinajstić information content (AvgIpc) is 2.21. The number of carbonyl (C=O) groups excluding carboxylic acids is 2. The minimum atomic E-state index is -0.976. The first-order chi connectivity index (χ1) is 9.42. The molecule has 0 aromatic rings. The Morgan fingerprint density at radius 1 is 1.24 bits per heavy atom. The summed E-state index contributed by atoms with van der Waals surface area (Å²) in [5, 5.41) is 11.6. The summed E-state index contributed by atoms with van der Waals surface area (Å²) in [6, 6.07) is -1.18. The van der Waals surface area contributed by atoms with Crippen molar-refractivity contribution in [1.82, 2.24) is 10.2 Å². The Balaban J connectivity index is 4.90. The molecule has 0 aliphatic rings. The van der Waals surface area contributed by atoms with Crippen LogP contribution in [0.4, 0.5) is 4.79 Å². The molecule has 0 aromatic carbocycles. The van der Waals surface area contributed by atoms with Gasteiger partial charge in [0.25, 0.3) is 0 Å². The highest BCUT2D eigenvalue weighted by Crippen LogP contribution is 2.22. The van der Waals surface area contributed by atoms with E-state index in [2.05, 4.69) is 5.32 Å². The summed E-state index contributed by atoms with van der Waals surface area (Å²) in [6.07, 6.45) is 0.360. The summed E-state index contributed by atoms with van der Waals surface area (Å²) in [4.78, 5) is 35.4. The lowest BCUT2D eigenvalue weighted by Gasteiger charge is -2.30. The molecular weight excluding hydrogens is 274 g/mol. The normalized spacial score (nSPS) is 12.9. The molecule has 21 heavy (non-hydrogen) atoms. The van der Waals surface area contributed by atoms with Gasteiger partial charge < -0.3 is 21.1 Å². The van der Waals surface area contributed by atoms with Crippen LogP contribution in [0, 0.1) is 5.41 Å². The number of aliphatic carboxylic acids is 1. The molecule has 3 amide bonds. The second-order valence-corrected chi connectivity index (χ2v) is 6.70. The van der Waals surface area contributed by atoms with E-state index in [0.717, 1.165) is 0 Å². The molecule has 0 heterocycles. The van der Waals surface area contributed by atoms with Crippen molar-refractivity contribution >= 4 is 17.9 Å². The van der Waals surface area contributed by atoms with Gasteiger partial charge in [0.05, 0.1) is 6.42 Å². The molecule has 4 N–H and O–H groups in total. The maximum absolute atomic E-state index is 12.2. The van der Waals surface area contributed by atoms with Crippen LogP contribution in [0.25, 0.3) is 0 Å². The zero-order valence-corrected chi connectivity index (χ0v) is 13.5. The summed E-state index contributed by atoms with van der Waals surface area (Å²) in [5.41, 5.74) is 5.00. The predicted molar refractivity (Wildman–Crippen MR) is 79.7 cm³/mol. The Bertz CT molecular complexity index is 388. The predicted octanol–water partition coefficient (Wildman–Crippen LogP) is 1.17. The smallest absolute Gasteiger partial charge is 0.318 e. The fourth-order valence-electron chi connectivity index (χ4n) is 2.04. The fraction of sp³-hybridized carbons (Fsp3) is 0.786. The van der Waals surface area contributed by atoms with Gasteiger partial charge in [0, 0.05) is 12.1 Å². The molecule has 1 unspecified atom stereocenters. The molecule has 0 fully saturated rings. The van der Waals surface area contributed by atoms with Gasteiger partial charge in [-0.3, -0.25) is 9.59 Å². The van der Waals surface area contributed by atoms with E-state index in [1.807, 2.05) is 20.8 Å². The number of urea groups is 1. The number of hydrogen-bond acceptors (Lipinski definition) is 3. The average molecular weight is 301 g/mol. The first kappa shape index (κ1) is 19.2. The largest absolute Gasteiger partial charge is 0.481 e. The quantitative estimate of drug-likeness (QED) is 0.655. The lowest BCUT2D eigenvalue weighted by Crippen LogP contribution is -2.51. The second-order valence-electron chi connectivity index (χ2n) is 6.70. The molecular formula is C14H27N3O4. The maximum Gasteiger partial charge on any atom is 0.318 e. The summed E-state index contributed by atoms with van der Waals surface area (Å²) in [7, 11) is 0. The lowest BCUT2D eigenvalue weighted by atomic mass is 9.87. The third-order valence-corrected chi connectivity index (χ3v) is 2.82. The fourth-order valence-corrected chi connectivity index (χ4v) is 2.04. The summed E-state index contributed by atoms with van der Waals surface area (Å²) < 4.78 is 0. The molecule has 0 rings (SSSR count). The van der Waals surface area contributed by atoms with Crippen molar-refractivity contribution < 1.29 is 19.5 Å². The van der Waals surface area contributed by atoms with Gasteiger partial charge in [-0.2, -0.15) is 0 Å². The number of nitrogens with one attached hydrogen (secondary N) is 1. The van der Waals surface area contributed by atoms with Crippen molar-refractivity contribution in [1.29, 1.82) is 0 Å². The van der Waals surface area contributed by atoms with Crippen molar-refractivity contribution in [3.05, 3.63) is 0 Å². The van der Waals surface area contributed by atoms with E-state index in [9.17, 15) is 14.4 Å². The number of nitrogens with zero attached hydrogens (tertiary/aromatic N) is 1. The van der Waals surface area contributed by atoms with Crippen LogP contribution in [0.1, 0.15) is 47.5 Å². The van der Waals surface area contributed by atoms with Crippen LogP contribution < -0.4 is 11.1 Å². The molecule has 0 bridgehead atoms. The molecule has 0 aliphatic carbocycles. The number of rotatable bonds is 7. The number of amides is 3. The molecule has 0 spiro atoms. The number of hydrogen-bond donors (Lipinski definition) is 3. The summed E-state index contributed by atoms with van der Waals surface area (Å²) in [6.45, 7) is 9.24. The molecule has 0 radical (unpaired) electrons. The van der Waals surface area contributed by atoms with Crippen LogP contribution >= 0.6 is 0 Å². The Morgan fingerprint density at radius 2 is 1.76 bits per heavy atom. The van der Waals surface area contributed by atoms with Crippen LogP contribution in [0.15, 0.2) is 0 Å². The van der Waals surface area contributed by atoms with E-state index in [0.29, 0.717) is 6.42 Å². The topological polar surface area (TPSA) is 113 Å². The Morgan fingerprint density at radius 3 is 2.10 bits per heavy atom. The SMILES string of the molecule is CC(C)N(CC(N)=O)C(=O)NC(CC(=O)O)CC(C)(C)C. The van der Waals surface area contributed by atoms with Crippen LogP contribution in [-0.4, -0.2) is 46.5 Å². The van der Waals surface area contributed by atoms with Gasteiger partial charge in [-0.25, -0.2) is 4.79 Å². The van der Waals surface area contributed by atoms with Crippen molar-refractivity contribution in [2.45, 2.75) is 59.5 Å². The molecule has 0 saturated carbocycles. The third-order valence-electron chi connectivity index (χ3n) is 2.82. The first-order valence-corrected chi connectivity index (χ1v) is 6.99. The summed E-state index contributed by atoms with van der Waals surface area (Å²) >= 11 is 0. The van der Waals surface area contributed by atoms with Gasteiger partial charge in [0.15, 0.2) is 0 Å². The molecule has 1 atom stereocenters. The van der Waals surface area contributed by atoms with Crippen LogP contribution in [0.2, 0.25) is 0 Å². The molecule has 0 saturated heterocycles. The van der Waals surface area contributed by atoms with Crippen molar-refractivity contribution in [2.75, 3.05) is 6.54 Å². The third kappa shape index (κ3) is 8.88. The Kier molecular flexibility index (Phi) is 7.18. The molecule has 0 aromatic heterocycles. The zero-order chi connectivity index (χ0) is 16.8. The molecule has 7 heteroatoms. The van der Waals surface area contributed by atoms with Crippen LogP contribution in [-0.2, 0) is 9.59 Å². The van der Waals surface area contributed by atoms with Gasteiger partial charge in [0.2, 0.25) is 5.91 Å².